The molecule has 2 unspecified atom stereocenters. The lowest BCUT2D eigenvalue weighted by molar-refractivity contribution is 0.0671. The molecule has 2 atom stereocenters. The first-order chi connectivity index (χ1) is 9.43. The van der Waals surface area contributed by atoms with Gasteiger partial charge in [0.15, 0.2) is 0 Å². The number of rotatable bonds is 5. The molecule has 0 aromatic carbocycles. The van der Waals surface area contributed by atoms with Gasteiger partial charge in [-0.1, -0.05) is 20.8 Å². The van der Waals surface area contributed by atoms with E-state index in [2.05, 4.69) is 65.3 Å². The maximum absolute atomic E-state index is 3.77. The fraction of sp³-hybridized carbons (Fsp3) is 0.750. The Morgan fingerprint density at radius 3 is 2.85 bits per heavy atom. The highest BCUT2D eigenvalue weighted by Crippen LogP contribution is 2.29. The average Bonchev–Trinajstić information content (AvgIpc) is 2.78. The Bertz CT molecular complexity index is 432. The summed E-state index contributed by atoms with van der Waals surface area (Å²) < 4.78 is 1.27. The average molecular weight is 359 g/mol. The molecule has 1 aromatic heterocycles. The normalized spacial score (nSPS) is 28.2. The van der Waals surface area contributed by atoms with Crippen LogP contribution in [0, 0.1) is 5.92 Å². The van der Waals surface area contributed by atoms with Gasteiger partial charge in [0.25, 0.3) is 0 Å². The number of piperazine rings is 1. The van der Waals surface area contributed by atoms with E-state index in [4.69, 9.17) is 0 Å². The van der Waals surface area contributed by atoms with E-state index < -0.39 is 0 Å². The van der Waals surface area contributed by atoms with Gasteiger partial charge in [0.2, 0.25) is 0 Å². The van der Waals surface area contributed by atoms with Crippen LogP contribution in [0.3, 0.4) is 0 Å². The first-order valence-corrected chi connectivity index (χ1v) is 9.31. The Labute approximate surface area is 136 Å². The smallest absolute Gasteiger partial charge is 0.0343 e. The van der Waals surface area contributed by atoms with Crippen molar-refractivity contribution in [2.45, 2.75) is 58.7 Å². The largest absolute Gasteiger partial charge is 0.309 e. The van der Waals surface area contributed by atoms with Crippen molar-refractivity contribution in [1.29, 1.82) is 0 Å². The van der Waals surface area contributed by atoms with Crippen LogP contribution in [0.1, 0.15) is 45.4 Å². The maximum Gasteiger partial charge on any atom is 0.0343 e. The lowest BCUT2D eigenvalue weighted by Crippen LogP contribution is -2.62. The van der Waals surface area contributed by atoms with Crippen molar-refractivity contribution in [1.82, 2.24) is 10.2 Å². The van der Waals surface area contributed by atoms with Crippen molar-refractivity contribution in [2.75, 3.05) is 13.1 Å². The molecule has 2 heterocycles. The van der Waals surface area contributed by atoms with Gasteiger partial charge in [0.05, 0.1) is 0 Å². The fourth-order valence-electron chi connectivity index (χ4n) is 2.95. The van der Waals surface area contributed by atoms with Crippen LogP contribution in [0.2, 0.25) is 0 Å². The zero-order chi connectivity index (χ0) is 14.8. The molecule has 4 heteroatoms. The second-order valence-corrected chi connectivity index (χ2v) is 8.53. The number of thiophene rings is 1. The molecular weight excluding hydrogens is 332 g/mol. The summed E-state index contributed by atoms with van der Waals surface area (Å²) in [5.74, 6) is 0.752. The van der Waals surface area contributed by atoms with Crippen molar-refractivity contribution >= 4 is 27.3 Å². The van der Waals surface area contributed by atoms with Crippen LogP contribution in [0.15, 0.2) is 15.9 Å². The molecule has 114 valence electrons. The second-order valence-electron chi connectivity index (χ2n) is 6.68. The second kappa shape index (κ2) is 6.91. The number of nitrogens with one attached hydrogen (secondary N) is 1. The van der Waals surface area contributed by atoms with Crippen LogP contribution in [-0.2, 0) is 6.54 Å². The number of nitrogens with zero attached hydrogens (tertiary/aromatic N) is 1. The molecule has 0 radical (unpaired) electrons. The Morgan fingerprint density at radius 2 is 2.30 bits per heavy atom. The third-order valence-electron chi connectivity index (χ3n) is 4.39. The lowest BCUT2D eigenvalue weighted by Gasteiger charge is -2.46. The third kappa shape index (κ3) is 4.06. The summed E-state index contributed by atoms with van der Waals surface area (Å²) in [6.07, 6.45) is 2.46. The van der Waals surface area contributed by atoms with Crippen molar-refractivity contribution < 1.29 is 0 Å². The summed E-state index contributed by atoms with van der Waals surface area (Å²) in [5.41, 5.74) is 0.261. The summed E-state index contributed by atoms with van der Waals surface area (Å²) in [5, 5.41) is 5.95. The molecule has 2 nitrogen and oxygen atoms in total. The molecule has 1 aliphatic heterocycles. The highest BCUT2D eigenvalue weighted by molar-refractivity contribution is 9.10. The van der Waals surface area contributed by atoms with Crippen LogP contribution in [-0.4, -0.2) is 29.6 Å². The van der Waals surface area contributed by atoms with Crippen molar-refractivity contribution in [3.05, 3.63) is 20.8 Å². The molecule has 0 aliphatic carbocycles. The van der Waals surface area contributed by atoms with E-state index in [0.29, 0.717) is 6.04 Å². The van der Waals surface area contributed by atoms with E-state index in [1.807, 2.05) is 11.3 Å². The van der Waals surface area contributed by atoms with E-state index in [1.165, 1.54) is 22.2 Å². The molecule has 2 rings (SSSR count). The minimum absolute atomic E-state index is 0.261. The zero-order valence-corrected chi connectivity index (χ0v) is 15.5. The maximum atomic E-state index is 3.77. The van der Waals surface area contributed by atoms with Crippen LogP contribution >= 0.6 is 27.3 Å². The van der Waals surface area contributed by atoms with Gasteiger partial charge in [0, 0.05) is 40.6 Å². The summed E-state index contributed by atoms with van der Waals surface area (Å²) in [6, 6.07) is 2.82. The molecule has 1 aliphatic rings. The number of hydrogen-bond acceptors (Lipinski definition) is 3. The van der Waals surface area contributed by atoms with Gasteiger partial charge in [-0.25, -0.2) is 0 Å². The monoisotopic (exact) mass is 358 g/mol. The Morgan fingerprint density at radius 1 is 1.55 bits per heavy atom. The molecule has 1 aromatic rings. The first-order valence-electron chi connectivity index (χ1n) is 7.64. The van der Waals surface area contributed by atoms with E-state index >= 15 is 0 Å². The highest BCUT2D eigenvalue weighted by atomic mass is 79.9. The summed E-state index contributed by atoms with van der Waals surface area (Å²) in [7, 11) is 0. The SMILES string of the molecule is CCC1(C)CN(Cc2sccc2Br)C(CC(C)C)CN1. The standard InChI is InChI=1S/C16H27BrN2S/c1-5-16(4)11-19(10-15-14(17)6-7-20-15)13(9-18-16)8-12(2)3/h6-7,12-13,18H,5,8-11H2,1-4H3. The molecule has 0 amide bonds. The van der Waals surface area contributed by atoms with Crippen molar-refractivity contribution in [3.63, 3.8) is 0 Å². The Balaban J connectivity index is 2.11. The van der Waals surface area contributed by atoms with Gasteiger partial charge in [-0.05, 0) is 53.1 Å². The van der Waals surface area contributed by atoms with Gasteiger partial charge >= 0.3 is 0 Å². The van der Waals surface area contributed by atoms with Gasteiger partial charge in [-0.15, -0.1) is 11.3 Å². The first kappa shape index (κ1) is 16.5. The highest BCUT2D eigenvalue weighted by Gasteiger charge is 2.34. The van der Waals surface area contributed by atoms with Crippen LogP contribution in [0.5, 0.6) is 0 Å². The van der Waals surface area contributed by atoms with E-state index in [9.17, 15) is 0 Å². The van der Waals surface area contributed by atoms with Gasteiger partial charge in [-0.3, -0.25) is 4.90 Å². The van der Waals surface area contributed by atoms with Gasteiger partial charge in [0.1, 0.15) is 0 Å². The van der Waals surface area contributed by atoms with Gasteiger partial charge in [-0.2, -0.15) is 0 Å². The minimum atomic E-state index is 0.261. The molecule has 1 N–H and O–H groups in total. The molecule has 1 fully saturated rings. The predicted molar refractivity (Wildman–Crippen MR) is 92.4 cm³/mol. The van der Waals surface area contributed by atoms with E-state index in [0.717, 1.165) is 25.6 Å². The van der Waals surface area contributed by atoms with Crippen molar-refractivity contribution in [3.8, 4) is 0 Å². The van der Waals surface area contributed by atoms with Gasteiger partial charge < -0.3 is 5.32 Å². The summed E-state index contributed by atoms with van der Waals surface area (Å²) in [4.78, 5) is 4.15. The predicted octanol–water partition coefficient (Wildman–Crippen LogP) is 4.50. The zero-order valence-electron chi connectivity index (χ0n) is 13.1. The van der Waals surface area contributed by atoms with Crippen LogP contribution < -0.4 is 5.32 Å². The van der Waals surface area contributed by atoms with E-state index in [1.54, 1.807) is 0 Å². The molecule has 0 bridgehead atoms. The quantitative estimate of drug-likeness (QED) is 0.833. The molecule has 1 saturated heterocycles. The molecule has 0 spiro atoms. The topological polar surface area (TPSA) is 15.3 Å². The molecular formula is C16H27BrN2S. The number of hydrogen-bond donors (Lipinski definition) is 1. The minimum Gasteiger partial charge on any atom is -0.309 e. The molecule has 20 heavy (non-hydrogen) atoms. The molecule has 0 saturated carbocycles. The fourth-order valence-corrected chi connectivity index (χ4v) is 4.45. The summed E-state index contributed by atoms with van der Waals surface area (Å²) in [6.45, 7) is 12.6. The number of halogens is 1. The summed E-state index contributed by atoms with van der Waals surface area (Å²) >= 11 is 5.54. The van der Waals surface area contributed by atoms with E-state index in [-0.39, 0.29) is 5.54 Å². The van der Waals surface area contributed by atoms with Crippen LogP contribution in [0.25, 0.3) is 0 Å². The van der Waals surface area contributed by atoms with Crippen molar-refractivity contribution in [2.24, 2.45) is 5.92 Å². The Hall–Kier alpha value is 0.1000. The Kier molecular flexibility index (Phi) is 5.69. The third-order valence-corrected chi connectivity index (χ3v) is 6.31. The van der Waals surface area contributed by atoms with Crippen LogP contribution in [0.4, 0.5) is 0 Å². The lowest BCUT2D eigenvalue weighted by atomic mass is 9.90.